The number of ether oxygens (including phenoxy) is 2. The third-order valence-electron chi connectivity index (χ3n) is 5.33. The van der Waals surface area contributed by atoms with E-state index in [9.17, 15) is 9.90 Å². The number of aromatic hydroxyl groups is 1. The maximum absolute atomic E-state index is 12.1. The molecular formula is C29H38O5. The predicted molar refractivity (Wildman–Crippen MR) is 140 cm³/mol. The van der Waals surface area contributed by atoms with E-state index in [0.29, 0.717) is 23.3 Å². The first-order valence-corrected chi connectivity index (χ1v) is 11.8. The van der Waals surface area contributed by atoms with Gasteiger partial charge in [0, 0.05) is 6.07 Å². The molecule has 0 aliphatic heterocycles. The molecule has 184 valence electrons. The zero-order chi connectivity index (χ0) is 25.1. The maximum Gasteiger partial charge on any atom is 0.382 e. The summed E-state index contributed by atoms with van der Waals surface area (Å²) >= 11 is 0. The lowest BCUT2D eigenvalue weighted by Crippen LogP contribution is -2.04. The second-order valence-electron chi connectivity index (χ2n) is 9.09. The molecule has 0 aliphatic rings. The van der Waals surface area contributed by atoms with Gasteiger partial charge >= 0.3 is 5.63 Å². The van der Waals surface area contributed by atoms with Crippen LogP contribution in [0.3, 0.4) is 0 Å². The van der Waals surface area contributed by atoms with Gasteiger partial charge in [0.05, 0.1) is 5.39 Å². The van der Waals surface area contributed by atoms with Crippen molar-refractivity contribution in [3.8, 4) is 17.2 Å². The highest BCUT2D eigenvalue weighted by Gasteiger charge is 2.15. The van der Waals surface area contributed by atoms with Crippen LogP contribution in [0.15, 0.2) is 74.0 Å². The maximum atomic E-state index is 12.1. The van der Waals surface area contributed by atoms with Gasteiger partial charge < -0.3 is 19.0 Å². The fourth-order valence-electron chi connectivity index (χ4n) is 3.31. The van der Waals surface area contributed by atoms with E-state index in [0.717, 1.165) is 25.7 Å². The molecule has 0 aliphatic carbocycles. The highest BCUT2D eigenvalue weighted by molar-refractivity contribution is 5.86. The number of benzene rings is 1. The van der Waals surface area contributed by atoms with Crippen molar-refractivity contribution in [3.05, 3.63) is 75.2 Å². The SMILES string of the molecule is CC(C)=CCCC(C)=CCOc1ccc2c(OCC=C(C)CCC=C(C)C)c(O)c(=O)oc2c1. The van der Waals surface area contributed by atoms with Crippen LogP contribution in [0, 0.1) is 0 Å². The Morgan fingerprint density at radius 2 is 1.41 bits per heavy atom. The quantitative estimate of drug-likeness (QED) is 0.257. The van der Waals surface area contributed by atoms with Crippen LogP contribution >= 0.6 is 0 Å². The van der Waals surface area contributed by atoms with Crippen molar-refractivity contribution in [3.63, 3.8) is 0 Å². The van der Waals surface area contributed by atoms with E-state index in [1.165, 1.54) is 22.3 Å². The van der Waals surface area contributed by atoms with E-state index in [2.05, 4.69) is 52.8 Å². The largest absolute Gasteiger partial charge is 0.499 e. The lowest BCUT2D eigenvalue weighted by molar-refractivity contribution is 0.326. The van der Waals surface area contributed by atoms with Crippen LogP contribution in [-0.4, -0.2) is 18.3 Å². The van der Waals surface area contributed by atoms with Gasteiger partial charge in [-0.05, 0) is 91.5 Å². The second kappa shape index (κ2) is 13.5. The average Bonchev–Trinajstić information content (AvgIpc) is 2.76. The smallest absolute Gasteiger partial charge is 0.382 e. The van der Waals surface area contributed by atoms with Crippen LogP contribution in [0.2, 0.25) is 0 Å². The zero-order valence-electron chi connectivity index (χ0n) is 21.4. The zero-order valence-corrected chi connectivity index (χ0v) is 21.4. The highest BCUT2D eigenvalue weighted by Crippen LogP contribution is 2.33. The average molecular weight is 467 g/mol. The highest BCUT2D eigenvalue weighted by atomic mass is 16.5. The van der Waals surface area contributed by atoms with Gasteiger partial charge in [-0.3, -0.25) is 0 Å². The first kappa shape index (κ1) is 27.0. The van der Waals surface area contributed by atoms with Crippen LogP contribution in [0.1, 0.15) is 67.2 Å². The minimum absolute atomic E-state index is 0.126. The van der Waals surface area contributed by atoms with E-state index in [1.807, 2.05) is 13.0 Å². The summed E-state index contributed by atoms with van der Waals surface area (Å²) in [5.74, 6) is 0.184. The first-order chi connectivity index (χ1) is 16.2. The van der Waals surface area contributed by atoms with Crippen LogP contribution in [0.5, 0.6) is 17.2 Å². The van der Waals surface area contributed by atoms with E-state index >= 15 is 0 Å². The summed E-state index contributed by atoms with van der Waals surface area (Å²) < 4.78 is 16.9. The molecule has 1 N–H and O–H groups in total. The van der Waals surface area contributed by atoms with Gasteiger partial charge in [0.1, 0.15) is 24.5 Å². The van der Waals surface area contributed by atoms with Crippen molar-refractivity contribution in [1.82, 2.24) is 0 Å². The molecule has 5 heteroatoms. The molecule has 0 atom stereocenters. The van der Waals surface area contributed by atoms with Crippen molar-refractivity contribution < 1.29 is 19.0 Å². The van der Waals surface area contributed by atoms with E-state index < -0.39 is 11.4 Å². The third kappa shape index (κ3) is 8.97. The van der Waals surface area contributed by atoms with E-state index in [-0.39, 0.29) is 12.4 Å². The molecule has 0 amide bonds. The fourth-order valence-corrected chi connectivity index (χ4v) is 3.31. The lowest BCUT2D eigenvalue weighted by Gasteiger charge is -2.10. The van der Waals surface area contributed by atoms with Gasteiger partial charge in [-0.2, -0.15) is 0 Å². The second-order valence-corrected chi connectivity index (χ2v) is 9.09. The number of hydrogen-bond donors (Lipinski definition) is 1. The molecule has 2 aromatic rings. The summed E-state index contributed by atoms with van der Waals surface area (Å²) in [5, 5.41) is 10.8. The van der Waals surface area contributed by atoms with Crippen molar-refractivity contribution in [1.29, 1.82) is 0 Å². The third-order valence-corrected chi connectivity index (χ3v) is 5.33. The van der Waals surface area contributed by atoms with Gasteiger partial charge in [0.15, 0.2) is 5.75 Å². The molecular weight excluding hydrogens is 428 g/mol. The van der Waals surface area contributed by atoms with Crippen LogP contribution in [0.4, 0.5) is 0 Å². The van der Waals surface area contributed by atoms with Gasteiger partial charge in [-0.15, -0.1) is 0 Å². The molecule has 0 bridgehead atoms. The number of fused-ring (bicyclic) bond motifs is 1. The Bertz CT molecular complexity index is 1140. The van der Waals surface area contributed by atoms with Crippen molar-refractivity contribution >= 4 is 11.0 Å². The van der Waals surface area contributed by atoms with Crippen LogP contribution < -0.4 is 15.1 Å². The van der Waals surface area contributed by atoms with Crippen LogP contribution in [-0.2, 0) is 0 Å². The molecule has 0 fully saturated rings. The summed E-state index contributed by atoms with van der Waals surface area (Å²) in [4.78, 5) is 12.1. The van der Waals surface area contributed by atoms with Gasteiger partial charge in [-0.25, -0.2) is 4.79 Å². The van der Waals surface area contributed by atoms with Crippen LogP contribution in [0.25, 0.3) is 11.0 Å². The summed E-state index contributed by atoms with van der Waals surface area (Å²) in [7, 11) is 0. The molecule has 2 rings (SSSR count). The normalized spacial score (nSPS) is 11.9. The Balaban J connectivity index is 2.07. The molecule has 1 aromatic carbocycles. The Morgan fingerprint density at radius 1 is 0.853 bits per heavy atom. The van der Waals surface area contributed by atoms with Gasteiger partial charge in [0.2, 0.25) is 5.75 Å². The standard InChI is InChI=1S/C29H38O5/c1-20(2)9-7-11-22(5)15-17-32-24-13-14-25-26(19-24)34-29(31)27(30)28(25)33-18-16-23(6)12-8-10-21(3)4/h9-10,13-16,19,30H,7-8,11-12,17-18H2,1-6H3. The molecule has 1 heterocycles. The summed E-state index contributed by atoms with van der Waals surface area (Å²) in [6.45, 7) is 13.2. The molecule has 0 spiro atoms. The number of allylic oxidation sites excluding steroid dienone is 6. The Kier molecular flexibility index (Phi) is 10.7. The van der Waals surface area contributed by atoms with Crippen molar-refractivity contribution in [2.24, 2.45) is 0 Å². The topological polar surface area (TPSA) is 68.9 Å². The van der Waals surface area contributed by atoms with E-state index in [1.54, 1.807) is 18.2 Å². The monoisotopic (exact) mass is 466 g/mol. The summed E-state index contributed by atoms with van der Waals surface area (Å²) in [6, 6.07) is 5.16. The molecule has 5 nitrogen and oxygen atoms in total. The predicted octanol–water partition coefficient (Wildman–Crippen LogP) is 7.64. The Labute approximate surface area is 203 Å². The van der Waals surface area contributed by atoms with Gasteiger partial charge in [-0.1, -0.05) is 34.4 Å². The molecule has 34 heavy (non-hydrogen) atoms. The van der Waals surface area contributed by atoms with Crippen molar-refractivity contribution in [2.75, 3.05) is 13.2 Å². The molecule has 0 saturated carbocycles. The minimum Gasteiger partial charge on any atom is -0.499 e. The fraction of sp³-hybridized carbons (Fsp3) is 0.414. The Morgan fingerprint density at radius 3 is 1.97 bits per heavy atom. The van der Waals surface area contributed by atoms with Crippen molar-refractivity contribution in [2.45, 2.75) is 67.2 Å². The van der Waals surface area contributed by atoms with Gasteiger partial charge in [0.25, 0.3) is 0 Å². The summed E-state index contributed by atoms with van der Waals surface area (Å²) in [5.41, 5.74) is 4.54. The molecule has 0 unspecified atom stereocenters. The number of rotatable bonds is 12. The molecule has 1 aromatic heterocycles. The Hall–Kier alpha value is -3.21. The number of hydrogen-bond acceptors (Lipinski definition) is 5. The van der Waals surface area contributed by atoms with E-state index in [4.69, 9.17) is 13.9 Å². The first-order valence-electron chi connectivity index (χ1n) is 11.8. The summed E-state index contributed by atoms with van der Waals surface area (Å²) in [6.07, 6.45) is 12.3. The lowest BCUT2D eigenvalue weighted by atomic mass is 10.1. The minimum atomic E-state index is -0.834. The molecule has 0 saturated heterocycles. The molecule has 0 radical (unpaired) electrons.